The molecule has 0 spiro atoms. The zero-order valence-corrected chi connectivity index (χ0v) is 20.7. The minimum atomic E-state index is -3.54. The number of benzene rings is 1. The maximum Gasteiger partial charge on any atom is 0.410 e. The van der Waals surface area contributed by atoms with Crippen molar-refractivity contribution in [3.05, 3.63) is 36.5 Å². The van der Waals surface area contributed by atoms with Gasteiger partial charge in [-0.1, -0.05) is 0 Å². The van der Waals surface area contributed by atoms with E-state index in [1.54, 1.807) is 0 Å². The fourth-order valence-corrected chi connectivity index (χ4v) is 5.84. The van der Waals surface area contributed by atoms with Crippen LogP contribution in [-0.2, 0) is 14.6 Å². The summed E-state index contributed by atoms with van der Waals surface area (Å²) in [6.07, 6.45) is 8.48. The highest BCUT2D eigenvalue weighted by Gasteiger charge is 2.49. The minimum Gasteiger partial charge on any atom is -0.474 e. The van der Waals surface area contributed by atoms with E-state index >= 15 is 0 Å². The number of piperidine rings is 1. The predicted molar refractivity (Wildman–Crippen MR) is 126 cm³/mol. The summed E-state index contributed by atoms with van der Waals surface area (Å²) in [6.45, 7) is 1.97. The van der Waals surface area contributed by atoms with Gasteiger partial charge in [-0.2, -0.15) is 5.10 Å². The zero-order valence-electron chi connectivity index (χ0n) is 19.9. The molecule has 36 heavy (non-hydrogen) atoms. The lowest BCUT2D eigenvalue weighted by atomic mass is 10.0. The molecule has 1 aromatic carbocycles. The SMILES string of the molecule is CC1(OC(=O)N2[C@H]3CC[C@H]2CC(Oc2ncnc4c2cnn4-c2ccc(S(C)(=O)=O)cc2F)C3)CC1. The Morgan fingerprint density at radius 2 is 1.89 bits per heavy atom. The summed E-state index contributed by atoms with van der Waals surface area (Å²) in [5.74, 6) is -0.398. The number of hydrogen-bond donors (Lipinski definition) is 0. The number of sulfone groups is 1. The van der Waals surface area contributed by atoms with Gasteiger partial charge in [0.15, 0.2) is 15.5 Å². The molecule has 1 saturated carbocycles. The third-order valence-electron chi connectivity index (χ3n) is 7.37. The van der Waals surface area contributed by atoms with Gasteiger partial charge in [0.25, 0.3) is 0 Å². The van der Waals surface area contributed by atoms with Gasteiger partial charge in [0.2, 0.25) is 5.88 Å². The van der Waals surface area contributed by atoms with Crippen molar-refractivity contribution >= 4 is 27.0 Å². The maximum atomic E-state index is 14.8. The number of carbonyl (C=O) groups is 1. The molecule has 2 bridgehead atoms. The zero-order chi connectivity index (χ0) is 25.2. The smallest absolute Gasteiger partial charge is 0.410 e. The van der Waals surface area contributed by atoms with Crippen molar-refractivity contribution in [1.29, 1.82) is 0 Å². The topological polar surface area (TPSA) is 117 Å². The molecule has 2 aliphatic heterocycles. The molecule has 3 aliphatic rings. The molecule has 0 radical (unpaired) electrons. The van der Waals surface area contributed by atoms with Crippen LogP contribution in [0.4, 0.5) is 9.18 Å². The monoisotopic (exact) mass is 515 g/mol. The lowest BCUT2D eigenvalue weighted by Crippen LogP contribution is -2.50. The third-order valence-corrected chi connectivity index (χ3v) is 8.48. The standard InChI is InChI=1S/C24H26FN5O5S/c1-24(7-8-24)35-23(31)29-14-3-4-15(29)10-16(9-14)34-22-18-12-28-30(21(18)26-13-27-22)20-6-5-17(11-19(20)25)36(2,32)33/h5-6,11-16H,3-4,7-10H2,1-2H3/t14-,15-/m0/s1. The quantitative estimate of drug-likeness (QED) is 0.508. The van der Waals surface area contributed by atoms with Crippen LogP contribution in [0.1, 0.15) is 45.4 Å². The molecule has 4 heterocycles. The van der Waals surface area contributed by atoms with E-state index in [0.29, 0.717) is 29.8 Å². The Kier molecular flexibility index (Phi) is 5.22. The Labute approximate surface area is 207 Å². The Morgan fingerprint density at radius 1 is 1.17 bits per heavy atom. The van der Waals surface area contributed by atoms with Crippen LogP contribution in [0, 0.1) is 5.82 Å². The highest BCUT2D eigenvalue weighted by molar-refractivity contribution is 7.90. The average Bonchev–Trinajstić information content (AvgIpc) is 3.26. The van der Waals surface area contributed by atoms with Crippen LogP contribution < -0.4 is 4.74 Å². The van der Waals surface area contributed by atoms with Crippen molar-refractivity contribution in [1.82, 2.24) is 24.6 Å². The molecular formula is C24H26FN5O5S. The molecule has 6 rings (SSSR count). The second kappa shape index (κ2) is 8.12. The summed E-state index contributed by atoms with van der Waals surface area (Å²) in [6, 6.07) is 3.78. The number of ether oxygens (including phenoxy) is 2. The number of halogens is 1. The van der Waals surface area contributed by atoms with Crippen molar-refractivity contribution in [2.45, 2.75) is 74.1 Å². The van der Waals surface area contributed by atoms with E-state index in [4.69, 9.17) is 9.47 Å². The minimum absolute atomic E-state index is 0.0612. The van der Waals surface area contributed by atoms with Gasteiger partial charge >= 0.3 is 6.09 Å². The second-order valence-electron chi connectivity index (χ2n) is 10.2. The number of nitrogens with zero attached hydrogens (tertiary/aromatic N) is 5. The summed E-state index contributed by atoms with van der Waals surface area (Å²) in [5.41, 5.74) is 0.102. The number of rotatable bonds is 5. The van der Waals surface area contributed by atoms with Gasteiger partial charge in [0, 0.05) is 31.2 Å². The van der Waals surface area contributed by atoms with Crippen molar-refractivity contribution in [2.24, 2.45) is 0 Å². The number of aromatic nitrogens is 4. The van der Waals surface area contributed by atoms with Crippen LogP contribution in [-0.4, -0.2) is 69.2 Å². The number of amides is 1. The van der Waals surface area contributed by atoms with Gasteiger partial charge in [0.1, 0.15) is 34.9 Å². The Morgan fingerprint density at radius 3 is 2.53 bits per heavy atom. The summed E-state index contributed by atoms with van der Waals surface area (Å²) in [4.78, 5) is 23.1. The number of hydrogen-bond acceptors (Lipinski definition) is 8. The Balaban J connectivity index is 1.22. The molecule has 2 atom stereocenters. The largest absolute Gasteiger partial charge is 0.474 e. The highest BCUT2D eigenvalue weighted by atomic mass is 32.2. The Bertz CT molecular complexity index is 1460. The predicted octanol–water partition coefficient (Wildman–Crippen LogP) is 3.42. The molecule has 2 saturated heterocycles. The lowest BCUT2D eigenvalue weighted by molar-refractivity contribution is 0.0119. The molecule has 0 unspecified atom stereocenters. The summed E-state index contributed by atoms with van der Waals surface area (Å²) in [5, 5.41) is 4.78. The molecule has 2 aromatic heterocycles. The third kappa shape index (κ3) is 4.06. The highest BCUT2D eigenvalue weighted by Crippen LogP contribution is 2.43. The molecule has 3 fully saturated rings. The first-order chi connectivity index (χ1) is 17.1. The van der Waals surface area contributed by atoms with Gasteiger partial charge in [-0.15, -0.1) is 0 Å². The van der Waals surface area contributed by atoms with Crippen LogP contribution in [0.3, 0.4) is 0 Å². The molecule has 10 nitrogen and oxygen atoms in total. The van der Waals surface area contributed by atoms with E-state index < -0.39 is 15.7 Å². The van der Waals surface area contributed by atoms with Crippen LogP contribution in [0.25, 0.3) is 16.7 Å². The van der Waals surface area contributed by atoms with Crippen molar-refractivity contribution in [3.8, 4) is 11.6 Å². The van der Waals surface area contributed by atoms with Gasteiger partial charge in [-0.3, -0.25) is 0 Å². The normalized spacial score (nSPS) is 24.6. The van der Waals surface area contributed by atoms with Crippen molar-refractivity contribution < 1.29 is 27.1 Å². The van der Waals surface area contributed by atoms with E-state index in [9.17, 15) is 17.6 Å². The van der Waals surface area contributed by atoms with Gasteiger partial charge in [0.05, 0.1) is 11.1 Å². The number of carbonyl (C=O) groups excluding carboxylic acids is 1. The van der Waals surface area contributed by atoms with Crippen LogP contribution in [0.5, 0.6) is 5.88 Å². The van der Waals surface area contributed by atoms with Crippen LogP contribution in [0.2, 0.25) is 0 Å². The van der Waals surface area contributed by atoms with Crippen molar-refractivity contribution in [3.63, 3.8) is 0 Å². The molecule has 1 aliphatic carbocycles. The maximum absolute atomic E-state index is 14.8. The molecular weight excluding hydrogens is 489 g/mol. The van der Waals surface area contributed by atoms with Gasteiger partial charge in [-0.25, -0.2) is 32.3 Å². The first-order valence-corrected chi connectivity index (χ1v) is 13.9. The van der Waals surface area contributed by atoms with E-state index in [-0.39, 0.29) is 40.5 Å². The van der Waals surface area contributed by atoms with E-state index in [1.165, 1.54) is 29.3 Å². The molecule has 0 N–H and O–H groups in total. The Hall–Kier alpha value is -3.28. The second-order valence-corrected chi connectivity index (χ2v) is 12.2. The first kappa shape index (κ1) is 23.1. The summed E-state index contributed by atoms with van der Waals surface area (Å²) >= 11 is 0. The first-order valence-electron chi connectivity index (χ1n) is 12.0. The van der Waals surface area contributed by atoms with Crippen LogP contribution >= 0.6 is 0 Å². The van der Waals surface area contributed by atoms with Crippen LogP contribution in [0.15, 0.2) is 35.6 Å². The molecule has 3 aromatic rings. The van der Waals surface area contributed by atoms with E-state index in [1.807, 2.05) is 11.8 Å². The molecule has 1 amide bonds. The van der Waals surface area contributed by atoms with E-state index in [2.05, 4.69) is 15.1 Å². The molecule has 12 heteroatoms. The molecule has 190 valence electrons. The van der Waals surface area contributed by atoms with E-state index in [0.717, 1.165) is 38.0 Å². The van der Waals surface area contributed by atoms with Gasteiger partial charge in [-0.05, 0) is 50.8 Å². The van der Waals surface area contributed by atoms with Crippen molar-refractivity contribution in [2.75, 3.05) is 6.26 Å². The van der Waals surface area contributed by atoms with Gasteiger partial charge < -0.3 is 14.4 Å². The fraction of sp³-hybridized carbons (Fsp3) is 0.500. The summed E-state index contributed by atoms with van der Waals surface area (Å²) in [7, 11) is -3.54. The average molecular weight is 516 g/mol. The fourth-order valence-electron chi connectivity index (χ4n) is 5.20. The summed E-state index contributed by atoms with van der Waals surface area (Å²) < 4.78 is 51.6. The number of fused-ring (bicyclic) bond motifs is 3. The lowest BCUT2D eigenvalue weighted by Gasteiger charge is -2.38.